The smallest absolute Gasteiger partial charge is 0.332 e. The molecule has 2 aromatic rings. The Hall–Kier alpha value is -2.05. The monoisotopic (exact) mass is 364 g/mol. The molecule has 2 heterocycles. The Morgan fingerprint density at radius 1 is 1.36 bits per heavy atom. The van der Waals surface area contributed by atoms with Gasteiger partial charge in [-0.05, 0) is 37.1 Å². The van der Waals surface area contributed by atoms with E-state index in [-0.39, 0.29) is 11.9 Å². The van der Waals surface area contributed by atoms with E-state index in [2.05, 4.69) is 9.88 Å². The van der Waals surface area contributed by atoms with Crippen LogP contribution in [0, 0.1) is 0 Å². The molecule has 1 saturated heterocycles. The van der Waals surface area contributed by atoms with Gasteiger partial charge in [-0.15, -0.1) is 0 Å². The van der Waals surface area contributed by atoms with Crippen molar-refractivity contribution in [3.8, 4) is 0 Å². The number of nitrogens with zero attached hydrogens (tertiary/aromatic N) is 1. The zero-order valence-electron chi connectivity index (χ0n) is 13.8. The fourth-order valence-electron chi connectivity index (χ4n) is 3.18. The molecule has 0 unspecified atom stereocenters. The first-order valence-electron chi connectivity index (χ1n) is 8.41. The van der Waals surface area contributed by atoms with E-state index < -0.39 is 12.1 Å². The minimum Gasteiger partial charge on any atom is -0.479 e. The first-order valence-corrected chi connectivity index (χ1v) is 8.79. The third kappa shape index (κ3) is 4.52. The number of aliphatic carboxylic acids is 1. The van der Waals surface area contributed by atoms with E-state index in [1.807, 2.05) is 30.5 Å². The van der Waals surface area contributed by atoms with Crippen molar-refractivity contribution in [1.29, 1.82) is 0 Å². The molecule has 7 heteroatoms. The van der Waals surface area contributed by atoms with Crippen molar-refractivity contribution in [2.24, 2.45) is 0 Å². The van der Waals surface area contributed by atoms with Gasteiger partial charge in [-0.3, -0.25) is 4.79 Å². The van der Waals surface area contributed by atoms with Crippen LogP contribution in [0.1, 0.15) is 25.7 Å². The lowest BCUT2D eigenvalue weighted by Gasteiger charge is -2.27. The number of amides is 1. The maximum Gasteiger partial charge on any atom is 0.332 e. The Balaban J connectivity index is 1.46. The number of hydrogen-bond donors (Lipinski definition) is 2. The Labute approximate surface area is 150 Å². The number of rotatable bonds is 6. The van der Waals surface area contributed by atoms with Gasteiger partial charge in [0.1, 0.15) is 0 Å². The van der Waals surface area contributed by atoms with E-state index >= 15 is 0 Å². The van der Waals surface area contributed by atoms with Gasteiger partial charge < -0.3 is 19.7 Å². The largest absolute Gasteiger partial charge is 0.479 e. The molecule has 1 aliphatic heterocycles. The van der Waals surface area contributed by atoms with Crippen molar-refractivity contribution < 1.29 is 19.4 Å². The molecular formula is C18H21ClN2O4. The Morgan fingerprint density at radius 2 is 2.20 bits per heavy atom. The van der Waals surface area contributed by atoms with Gasteiger partial charge in [-0.1, -0.05) is 11.6 Å². The molecule has 0 aliphatic carbocycles. The second-order valence-electron chi connectivity index (χ2n) is 6.30. The van der Waals surface area contributed by atoms with Crippen molar-refractivity contribution in [2.75, 3.05) is 6.61 Å². The van der Waals surface area contributed by atoms with Gasteiger partial charge in [-0.2, -0.15) is 0 Å². The molecule has 2 atom stereocenters. The summed E-state index contributed by atoms with van der Waals surface area (Å²) in [5, 5.41) is 13.7. The highest BCUT2D eigenvalue weighted by Gasteiger charge is 2.28. The molecule has 1 amide bonds. The molecule has 1 aromatic carbocycles. The summed E-state index contributed by atoms with van der Waals surface area (Å²) in [4.78, 5) is 23.1. The molecule has 0 radical (unpaired) electrons. The Morgan fingerprint density at radius 3 is 3.00 bits per heavy atom. The molecule has 1 aliphatic rings. The van der Waals surface area contributed by atoms with Gasteiger partial charge in [-0.25, -0.2) is 4.79 Å². The Bertz CT molecular complexity index is 774. The lowest BCUT2D eigenvalue weighted by atomic mass is 10.0. The highest BCUT2D eigenvalue weighted by Crippen LogP contribution is 2.21. The number of carboxylic acids is 1. The topological polar surface area (TPSA) is 80.6 Å². The van der Waals surface area contributed by atoms with Crippen LogP contribution in [-0.2, 0) is 20.9 Å². The van der Waals surface area contributed by atoms with Crippen LogP contribution in [0.5, 0.6) is 0 Å². The van der Waals surface area contributed by atoms with Crippen LogP contribution >= 0.6 is 11.6 Å². The minimum atomic E-state index is -0.974. The summed E-state index contributed by atoms with van der Waals surface area (Å²) in [6.45, 7) is 1.10. The lowest BCUT2D eigenvalue weighted by molar-refractivity contribution is -0.154. The van der Waals surface area contributed by atoms with Crippen LogP contribution in [0.3, 0.4) is 0 Å². The maximum absolute atomic E-state index is 12.1. The van der Waals surface area contributed by atoms with Crippen LogP contribution in [-0.4, -0.2) is 40.3 Å². The van der Waals surface area contributed by atoms with E-state index in [1.54, 1.807) is 0 Å². The quantitative estimate of drug-likeness (QED) is 0.825. The molecule has 0 spiro atoms. The molecular weight excluding hydrogens is 344 g/mol. The summed E-state index contributed by atoms with van der Waals surface area (Å²) in [6, 6.07) is 7.64. The van der Waals surface area contributed by atoms with Gasteiger partial charge >= 0.3 is 5.97 Å². The van der Waals surface area contributed by atoms with Crippen molar-refractivity contribution in [1.82, 2.24) is 9.88 Å². The van der Waals surface area contributed by atoms with Crippen LogP contribution < -0.4 is 5.32 Å². The fourth-order valence-corrected chi connectivity index (χ4v) is 3.36. The first-order chi connectivity index (χ1) is 12.0. The number of aromatic nitrogens is 1. The second-order valence-corrected chi connectivity index (χ2v) is 6.74. The number of nitrogens with one attached hydrogen (secondary N) is 1. The summed E-state index contributed by atoms with van der Waals surface area (Å²) in [5.41, 5.74) is 1.10. The molecule has 1 aromatic heterocycles. The van der Waals surface area contributed by atoms with E-state index in [9.17, 15) is 9.59 Å². The third-order valence-corrected chi connectivity index (χ3v) is 4.70. The number of carbonyl (C=O) groups excluding carboxylic acids is 1. The first kappa shape index (κ1) is 17.8. The van der Waals surface area contributed by atoms with Gasteiger partial charge in [0.2, 0.25) is 5.91 Å². The van der Waals surface area contributed by atoms with E-state index in [4.69, 9.17) is 21.4 Å². The fraction of sp³-hybridized carbons (Fsp3) is 0.444. The van der Waals surface area contributed by atoms with Crippen LogP contribution in [0.25, 0.3) is 10.9 Å². The van der Waals surface area contributed by atoms with Crippen molar-refractivity contribution in [2.45, 2.75) is 44.4 Å². The molecule has 25 heavy (non-hydrogen) atoms. The number of aryl methyl sites for hydroxylation is 1. The molecule has 0 bridgehead atoms. The average molecular weight is 365 g/mol. The molecule has 134 valence electrons. The molecule has 2 N–H and O–H groups in total. The van der Waals surface area contributed by atoms with Crippen LogP contribution in [0.4, 0.5) is 0 Å². The summed E-state index contributed by atoms with van der Waals surface area (Å²) >= 11 is 5.99. The summed E-state index contributed by atoms with van der Waals surface area (Å²) in [6.07, 6.45) is 3.26. The number of carbonyl (C=O) groups is 2. The number of carboxylic acid groups (broad SMARTS) is 1. The van der Waals surface area contributed by atoms with Gasteiger partial charge in [0, 0.05) is 54.2 Å². The third-order valence-electron chi connectivity index (χ3n) is 4.46. The predicted molar refractivity (Wildman–Crippen MR) is 94.7 cm³/mol. The van der Waals surface area contributed by atoms with E-state index in [0.717, 1.165) is 17.4 Å². The SMILES string of the molecule is O=C(CCCn1ccc2cc(Cl)ccc21)N[C@H]1CCO[C@H](C(=O)O)C1. The minimum absolute atomic E-state index is 0.0458. The van der Waals surface area contributed by atoms with Gasteiger partial charge in [0.05, 0.1) is 0 Å². The lowest BCUT2D eigenvalue weighted by Crippen LogP contribution is -2.44. The predicted octanol–water partition coefficient (Wildman–Crippen LogP) is 2.82. The molecule has 6 nitrogen and oxygen atoms in total. The zero-order valence-corrected chi connectivity index (χ0v) is 14.5. The van der Waals surface area contributed by atoms with Crippen molar-refractivity contribution in [3.63, 3.8) is 0 Å². The second kappa shape index (κ2) is 7.89. The normalized spacial score (nSPS) is 20.5. The zero-order chi connectivity index (χ0) is 17.8. The van der Waals surface area contributed by atoms with Crippen LogP contribution in [0.15, 0.2) is 30.5 Å². The number of benzene rings is 1. The maximum atomic E-state index is 12.1. The Kier molecular flexibility index (Phi) is 5.60. The average Bonchev–Trinajstić information content (AvgIpc) is 2.97. The van der Waals surface area contributed by atoms with Crippen LogP contribution in [0.2, 0.25) is 5.02 Å². The number of hydrogen-bond acceptors (Lipinski definition) is 3. The molecule has 3 rings (SSSR count). The highest BCUT2D eigenvalue weighted by molar-refractivity contribution is 6.31. The number of fused-ring (bicyclic) bond motifs is 1. The summed E-state index contributed by atoms with van der Waals surface area (Å²) < 4.78 is 7.27. The van der Waals surface area contributed by atoms with Crippen molar-refractivity contribution in [3.05, 3.63) is 35.5 Å². The van der Waals surface area contributed by atoms with Gasteiger partial charge in [0.15, 0.2) is 6.10 Å². The van der Waals surface area contributed by atoms with Gasteiger partial charge in [0.25, 0.3) is 0 Å². The highest BCUT2D eigenvalue weighted by atomic mass is 35.5. The standard InChI is InChI=1S/C18H21ClN2O4/c19-13-3-4-15-12(10-13)5-8-21(15)7-1-2-17(22)20-14-6-9-25-16(11-14)18(23)24/h3-5,8,10,14,16H,1-2,6-7,9,11H2,(H,20,22)(H,23,24)/t14-,16-/m0/s1. The van der Waals surface area contributed by atoms with E-state index in [1.165, 1.54) is 0 Å². The van der Waals surface area contributed by atoms with E-state index in [0.29, 0.717) is 37.3 Å². The van der Waals surface area contributed by atoms with Crippen molar-refractivity contribution >= 4 is 34.4 Å². The number of ether oxygens (including phenoxy) is 1. The number of halogens is 1. The molecule has 1 fully saturated rings. The summed E-state index contributed by atoms with van der Waals surface area (Å²) in [7, 11) is 0. The molecule has 0 saturated carbocycles. The summed E-state index contributed by atoms with van der Waals surface area (Å²) in [5.74, 6) is -1.02.